The van der Waals surface area contributed by atoms with E-state index in [1.807, 2.05) is 30.3 Å². The highest BCUT2D eigenvalue weighted by Crippen LogP contribution is 2.19. The second-order valence-corrected chi connectivity index (χ2v) is 4.53. The van der Waals surface area contributed by atoms with E-state index in [4.69, 9.17) is 9.94 Å². The SMILES string of the molecule is COC(C(=O)Nc1ccc(C(=O)NO)cc1)c1ccccc1. The Morgan fingerprint density at radius 1 is 1.05 bits per heavy atom. The molecule has 0 aliphatic heterocycles. The number of hydrogen-bond acceptors (Lipinski definition) is 4. The Kier molecular flexibility index (Phi) is 5.24. The summed E-state index contributed by atoms with van der Waals surface area (Å²) in [4.78, 5) is 23.5. The number of carbonyl (C=O) groups excluding carboxylic acids is 2. The van der Waals surface area contributed by atoms with Crippen molar-refractivity contribution in [3.63, 3.8) is 0 Å². The second-order valence-electron chi connectivity index (χ2n) is 4.53. The molecule has 2 aromatic rings. The Hall–Kier alpha value is -2.70. The van der Waals surface area contributed by atoms with Gasteiger partial charge < -0.3 is 10.1 Å². The quantitative estimate of drug-likeness (QED) is 0.583. The first-order valence-corrected chi connectivity index (χ1v) is 6.59. The maximum Gasteiger partial charge on any atom is 0.274 e. The normalized spacial score (nSPS) is 11.5. The first kappa shape index (κ1) is 15.7. The van der Waals surface area contributed by atoms with Crippen LogP contribution in [0.25, 0.3) is 0 Å². The molecule has 2 amide bonds. The third kappa shape index (κ3) is 3.69. The molecule has 2 aromatic carbocycles. The van der Waals surface area contributed by atoms with Crippen LogP contribution in [0.15, 0.2) is 54.6 Å². The lowest BCUT2D eigenvalue weighted by Gasteiger charge is -2.15. The lowest BCUT2D eigenvalue weighted by Crippen LogP contribution is -2.22. The molecule has 1 unspecified atom stereocenters. The number of benzene rings is 2. The molecule has 6 heteroatoms. The highest BCUT2D eigenvalue weighted by atomic mass is 16.5. The smallest absolute Gasteiger partial charge is 0.274 e. The van der Waals surface area contributed by atoms with Crippen molar-refractivity contribution in [1.82, 2.24) is 5.48 Å². The number of anilines is 1. The summed E-state index contributed by atoms with van der Waals surface area (Å²) in [5.74, 6) is -0.926. The molecular weight excluding hydrogens is 284 g/mol. The summed E-state index contributed by atoms with van der Waals surface area (Å²) in [6.45, 7) is 0. The van der Waals surface area contributed by atoms with Gasteiger partial charge in [0.15, 0.2) is 6.10 Å². The van der Waals surface area contributed by atoms with E-state index in [0.717, 1.165) is 5.56 Å². The molecule has 0 saturated heterocycles. The number of hydroxylamine groups is 1. The Labute approximate surface area is 127 Å². The predicted molar refractivity (Wildman–Crippen MR) is 80.5 cm³/mol. The molecule has 114 valence electrons. The Bertz CT molecular complexity index is 641. The van der Waals surface area contributed by atoms with Crippen molar-refractivity contribution < 1.29 is 19.5 Å². The summed E-state index contributed by atoms with van der Waals surface area (Å²) in [7, 11) is 1.46. The number of ether oxygens (including phenoxy) is 1. The minimum atomic E-state index is -0.721. The van der Waals surface area contributed by atoms with E-state index in [9.17, 15) is 9.59 Å². The third-order valence-corrected chi connectivity index (χ3v) is 3.09. The van der Waals surface area contributed by atoms with Gasteiger partial charge in [-0.2, -0.15) is 0 Å². The number of carbonyl (C=O) groups is 2. The maximum absolute atomic E-state index is 12.3. The molecule has 0 heterocycles. The zero-order valence-corrected chi connectivity index (χ0v) is 11.9. The summed E-state index contributed by atoms with van der Waals surface area (Å²) in [6, 6.07) is 15.3. The number of rotatable bonds is 5. The van der Waals surface area contributed by atoms with Crippen molar-refractivity contribution in [2.75, 3.05) is 12.4 Å². The summed E-state index contributed by atoms with van der Waals surface area (Å²) < 4.78 is 5.24. The van der Waals surface area contributed by atoms with Crippen molar-refractivity contribution in [3.8, 4) is 0 Å². The van der Waals surface area contributed by atoms with Crippen LogP contribution in [0.5, 0.6) is 0 Å². The first-order valence-electron chi connectivity index (χ1n) is 6.59. The van der Waals surface area contributed by atoms with Gasteiger partial charge in [-0.25, -0.2) is 5.48 Å². The van der Waals surface area contributed by atoms with E-state index in [1.165, 1.54) is 19.2 Å². The molecule has 2 rings (SSSR count). The van der Waals surface area contributed by atoms with E-state index < -0.39 is 12.0 Å². The van der Waals surface area contributed by atoms with Gasteiger partial charge in [-0.05, 0) is 29.8 Å². The molecule has 1 atom stereocenters. The molecule has 3 N–H and O–H groups in total. The third-order valence-electron chi connectivity index (χ3n) is 3.09. The summed E-state index contributed by atoms with van der Waals surface area (Å²) >= 11 is 0. The largest absolute Gasteiger partial charge is 0.367 e. The zero-order chi connectivity index (χ0) is 15.9. The van der Waals surface area contributed by atoms with Gasteiger partial charge in [-0.15, -0.1) is 0 Å². The van der Waals surface area contributed by atoms with Crippen molar-refractivity contribution in [3.05, 3.63) is 65.7 Å². The monoisotopic (exact) mass is 300 g/mol. The number of methoxy groups -OCH3 is 1. The topological polar surface area (TPSA) is 87.7 Å². The fraction of sp³-hybridized carbons (Fsp3) is 0.125. The van der Waals surface area contributed by atoms with E-state index in [0.29, 0.717) is 5.69 Å². The van der Waals surface area contributed by atoms with Crippen LogP contribution in [0, 0.1) is 0 Å². The van der Waals surface area contributed by atoms with Crippen molar-refractivity contribution in [2.24, 2.45) is 0 Å². The van der Waals surface area contributed by atoms with E-state index in [2.05, 4.69) is 5.32 Å². The van der Waals surface area contributed by atoms with Gasteiger partial charge in [0.05, 0.1) is 0 Å². The maximum atomic E-state index is 12.3. The fourth-order valence-corrected chi connectivity index (χ4v) is 2.00. The van der Waals surface area contributed by atoms with Crippen molar-refractivity contribution >= 4 is 17.5 Å². The van der Waals surface area contributed by atoms with Crippen LogP contribution in [0.4, 0.5) is 5.69 Å². The molecular formula is C16H16N2O4. The Morgan fingerprint density at radius 3 is 2.23 bits per heavy atom. The number of amides is 2. The molecule has 0 aliphatic rings. The minimum absolute atomic E-state index is 0.284. The first-order chi connectivity index (χ1) is 10.7. The van der Waals surface area contributed by atoms with E-state index in [1.54, 1.807) is 17.6 Å². The summed E-state index contributed by atoms with van der Waals surface area (Å²) in [5, 5.41) is 11.3. The molecule has 0 radical (unpaired) electrons. The molecule has 6 nitrogen and oxygen atoms in total. The Morgan fingerprint density at radius 2 is 1.68 bits per heavy atom. The molecule has 0 bridgehead atoms. The standard InChI is InChI=1S/C16H16N2O4/c1-22-14(11-5-3-2-4-6-11)16(20)17-13-9-7-12(8-10-13)15(19)18-21/h2-10,14,21H,1H3,(H,17,20)(H,18,19). The van der Waals surface area contributed by atoms with Gasteiger partial charge in [0.25, 0.3) is 11.8 Å². The lowest BCUT2D eigenvalue weighted by molar-refractivity contribution is -0.126. The van der Waals surface area contributed by atoms with Crippen LogP contribution in [0.2, 0.25) is 0 Å². The van der Waals surface area contributed by atoms with Crippen molar-refractivity contribution in [2.45, 2.75) is 6.10 Å². The molecule has 0 aromatic heterocycles. The van der Waals surface area contributed by atoms with Crippen LogP contribution >= 0.6 is 0 Å². The predicted octanol–water partition coefficient (Wildman–Crippen LogP) is 2.13. The van der Waals surface area contributed by atoms with Crippen molar-refractivity contribution in [1.29, 1.82) is 0 Å². The fourth-order valence-electron chi connectivity index (χ4n) is 2.00. The molecule has 0 fully saturated rings. The highest BCUT2D eigenvalue weighted by molar-refractivity contribution is 5.96. The Balaban J connectivity index is 2.09. The molecule has 0 aliphatic carbocycles. The molecule has 0 spiro atoms. The van der Waals surface area contributed by atoms with Gasteiger partial charge >= 0.3 is 0 Å². The van der Waals surface area contributed by atoms with Crippen LogP contribution in [-0.4, -0.2) is 24.1 Å². The average molecular weight is 300 g/mol. The zero-order valence-electron chi connectivity index (χ0n) is 11.9. The number of hydrogen-bond donors (Lipinski definition) is 3. The van der Waals surface area contributed by atoms with E-state index in [-0.39, 0.29) is 11.5 Å². The second kappa shape index (κ2) is 7.35. The van der Waals surface area contributed by atoms with Gasteiger partial charge in [0, 0.05) is 18.4 Å². The average Bonchev–Trinajstić information content (AvgIpc) is 2.56. The molecule has 22 heavy (non-hydrogen) atoms. The van der Waals surface area contributed by atoms with Gasteiger partial charge in [0.2, 0.25) is 0 Å². The van der Waals surface area contributed by atoms with Crippen LogP contribution in [-0.2, 0) is 9.53 Å². The van der Waals surface area contributed by atoms with Gasteiger partial charge in [-0.1, -0.05) is 30.3 Å². The minimum Gasteiger partial charge on any atom is -0.367 e. The number of nitrogens with one attached hydrogen (secondary N) is 2. The van der Waals surface area contributed by atoms with Gasteiger partial charge in [-0.3, -0.25) is 14.8 Å². The van der Waals surface area contributed by atoms with Crippen LogP contribution in [0.3, 0.4) is 0 Å². The van der Waals surface area contributed by atoms with E-state index >= 15 is 0 Å². The highest BCUT2D eigenvalue weighted by Gasteiger charge is 2.19. The van der Waals surface area contributed by atoms with Crippen LogP contribution in [0.1, 0.15) is 22.0 Å². The summed E-state index contributed by atoms with van der Waals surface area (Å²) in [5.41, 5.74) is 3.10. The lowest BCUT2D eigenvalue weighted by atomic mass is 10.1. The summed E-state index contributed by atoms with van der Waals surface area (Å²) in [6.07, 6.45) is -0.721. The molecule has 0 saturated carbocycles. The van der Waals surface area contributed by atoms with Crippen LogP contribution < -0.4 is 10.8 Å². The van der Waals surface area contributed by atoms with Gasteiger partial charge in [0.1, 0.15) is 0 Å².